The summed E-state index contributed by atoms with van der Waals surface area (Å²) >= 11 is 6.11. The molecule has 0 saturated heterocycles. The Hall–Kier alpha value is -1.35. The van der Waals surface area contributed by atoms with Crippen LogP contribution in [0.2, 0.25) is 5.02 Å². The molecule has 0 bridgehead atoms. The molecule has 1 heterocycles. The quantitative estimate of drug-likeness (QED) is 0.855. The molecule has 2 aromatic rings. The lowest BCUT2D eigenvalue weighted by Gasteiger charge is -2.15. The van der Waals surface area contributed by atoms with Crippen molar-refractivity contribution in [3.05, 3.63) is 34.6 Å². The average molecular weight is 281 g/mol. The fourth-order valence-corrected chi connectivity index (χ4v) is 2.24. The highest BCUT2D eigenvalue weighted by Crippen LogP contribution is 2.31. The smallest absolute Gasteiger partial charge is 0.132 e. The Balaban J connectivity index is 2.65. The van der Waals surface area contributed by atoms with Crippen LogP contribution in [0.3, 0.4) is 0 Å². The molecule has 2 rings (SSSR count). The van der Waals surface area contributed by atoms with E-state index in [1.54, 1.807) is 6.07 Å². The van der Waals surface area contributed by atoms with E-state index in [1.807, 2.05) is 6.07 Å². The van der Waals surface area contributed by atoms with Gasteiger partial charge in [-0.1, -0.05) is 32.4 Å². The molecule has 0 amide bonds. The van der Waals surface area contributed by atoms with Crippen LogP contribution >= 0.6 is 11.6 Å². The zero-order chi connectivity index (χ0) is 14.0. The Morgan fingerprint density at radius 3 is 2.74 bits per heavy atom. The van der Waals surface area contributed by atoms with Crippen LogP contribution in [0.25, 0.3) is 10.9 Å². The molecule has 4 heteroatoms. The Kier molecular flexibility index (Phi) is 4.25. The summed E-state index contributed by atoms with van der Waals surface area (Å²) in [5.41, 5.74) is 1.53. The van der Waals surface area contributed by atoms with Gasteiger partial charge < -0.3 is 5.32 Å². The van der Waals surface area contributed by atoms with Crippen LogP contribution in [0.15, 0.2) is 18.2 Å². The summed E-state index contributed by atoms with van der Waals surface area (Å²) in [5, 5.41) is 4.25. The van der Waals surface area contributed by atoms with E-state index < -0.39 is 0 Å². The summed E-state index contributed by atoms with van der Waals surface area (Å²) in [6.45, 7) is 7.08. The third kappa shape index (κ3) is 2.81. The first-order chi connectivity index (χ1) is 9.04. The average Bonchev–Trinajstić information content (AvgIpc) is 2.39. The monoisotopic (exact) mass is 280 g/mol. The first kappa shape index (κ1) is 14.1. The molecule has 0 fully saturated rings. The number of hydrogen-bond acceptors (Lipinski definition) is 2. The second-order valence-corrected chi connectivity index (χ2v) is 5.34. The largest absolute Gasteiger partial charge is 0.370 e. The molecule has 1 aromatic heterocycles. The zero-order valence-corrected chi connectivity index (χ0v) is 12.2. The van der Waals surface area contributed by atoms with Gasteiger partial charge in [-0.25, -0.2) is 9.37 Å². The van der Waals surface area contributed by atoms with Crippen molar-refractivity contribution in [2.45, 2.75) is 33.1 Å². The van der Waals surface area contributed by atoms with Gasteiger partial charge in [0.05, 0.1) is 10.5 Å². The van der Waals surface area contributed by atoms with Crippen molar-refractivity contribution in [1.82, 2.24) is 4.98 Å². The molecule has 102 valence electrons. The summed E-state index contributed by atoms with van der Waals surface area (Å²) in [7, 11) is 0. The van der Waals surface area contributed by atoms with E-state index in [-0.39, 0.29) is 11.7 Å². The third-order valence-corrected chi connectivity index (χ3v) is 3.38. The van der Waals surface area contributed by atoms with Crippen LogP contribution in [-0.4, -0.2) is 11.5 Å². The Bertz CT molecular complexity index is 596. The fraction of sp³-hybridized carbons (Fsp3) is 0.400. The van der Waals surface area contributed by atoms with Crippen LogP contribution < -0.4 is 5.32 Å². The summed E-state index contributed by atoms with van der Waals surface area (Å²) in [6, 6.07) is 4.78. The first-order valence-corrected chi connectivity index (χ1v) is 6.95. The van der Waals surface area contributed by atoms with Crippen LogP contribution in [0, 0.1) is 5.82 Å². The zero-order valence-electron chi connectivity index (χ0n) is 11.4. The number of hydrogen-bond donors (Lipinski definition) is 1. The van der Waals surface area contributed by atoms with Crippen LogP contribution in [0.4, 0.5) is 10.2 Å². The molecule has 0 radical (unpaired) electrons. The number of benzene rings is 1. The Morgan fingerprint density at radius 1 is 1.37 bits per heavy atom. The Morgan fingerprint density at radius 2 is 2.11 bits per heavy atom. The molecule has 0 aliphatic carbocycles. The predicted octanol–water partition coefficient (Wildman–Crippen LogP) is 4.97. The van der Waals surface area contributed by atoms with Crippen molar-refractivity contribution < 1.29 is 4.39 Å². The molecule has 0 aliphatic rings. The summed E-state index contributed by atoms with van der Waals surface area (Å²) in [4.78, 5) is 4.51. The number of nitrogens with one attached hydrogen (secondary N) is 1. The Labute approximate surface area is 118 Å². The van der Waals surface area contributed by atoms with Crippen molar-refractivity contribution in [3.63, 3.8) is 0 Å². The highest BCUT2D eigenvalue weighted by Gasteiger charge is 2.14. The van der Waals surface area contributed by atoms with Gasteiger partial charge in [0.2, 0.25) is 0 Å². The number of nitrogens with zero attached hydrogens (tertiary/aromatic N) is 1. The van der Waals surface area contributed by atoms with Crippen molar-refractivity contribution in [2.75, 3.05) is 11.9 Å². The number of halogens is 2. The van der Waals surface area contributed by atoms with Gasteiger partial charge in [-0.2, -0.15) is 0 Å². The van der Waals surface area contributed by atoms with E-state index in [1.165, 1.54) is 6.07 Å². The lowest BCUT2D eigenvalue weighted by molar-refractivity contribution is 0.639. The highest BCUT2D eigenvalue weighted by atomic mass is 35.5. The van der Waals surface area contributed by atoms with Gasteiger partial charge in [-0.3, -0.25) is 0 Å². The molecule has 0 aliphatic heterocycles. The maximum atomic E-state index is 13.9. The maximum absolute atomic E-state index is 13.9. The van der Waals surface area contributed by atoms with E-state index in [0.717, 1.165) is 24.3 Å². The number of rotatable bonds is 4. The van der Waals surface area contributed by atoms with Gasteiger partial charge in [0.25, 0.3) is 0 Å². The fourth-order valence-electron chi connectivity index (χ4n) is 2.03. The normalized spacial score (nSPS) is 11.3. The highest BCUT2D eigenvalue weighted by molar-refractivity contribution is 6.35. The summed E-state index contributed by atoms with van der Waals surface area (Å²) in [5.74, 6) is 0.794. The predicted molar refractivity (Wildman–Crippen MR) is 79.6 cm³/mol. The summed E-state index contributed by atoms with van der Waals surface area (Å²) < 4.78 is 13.9. The first-order valence-electron chi connectivity index (χ1n) is 6.57. The van der Waals surface area contributed by atoms with Crippen molar-refractivity contribution in [3.8, 4) is 0 Å². The number of aromatic nitrogens is 1. The third-order valence-electron chi connectivity index (χ3n) is 3.08. The van der Waals surface area contributed by atoms with Crippen LogP contribution in [-0.2, 0) is 0 Å². The second kappa shape index (κ2) is 5.74. The molecule has 2 nitrogen and oxygen atoms in total. The molecule has 0 spiro atoms. The number of anilines is 1. The number of pyridine rings is 1. The maximum Gasteiger partial charge on any atom is 0.132 e. The van der Waals surface area contributed by atoms with Crippen LogP contribution in [0.1, 0.15) is 38.7 Å². The van der Waals surface area contributed by atoms with E-state index in [0.29, 0.717) is 15.9 Å². The van der Waals surface area contributed by atoms with Gasteiger partial charge >= 0.3 is 0 Å². The van der Waals surface area contributed by atoms with E-state index in [9.17, 15) is 4.39 Å². The number of fused-ring (bicyclic) bond motifs is 1. The minimum Gasteiger partial charge on any atom is -0.370 e. The van der Waals surface area contributed by atoms with Crippen molar-refractivity contribution >= 4 is 28.3 Å². The van der Waals surface area contributed by atoms with E-state index in [4.69, 9.17) is 11.6 Å². The molecule has 0 saturated carbocycles. The van der Waals surface area contributed by atoms with Crippen molar-refractivity contribution in [2.24, 2.45) is 0 Å². The summed E-state index contributed by atoms with van der Waals surface area (Å²) in [6.07, 6.45) is 1.01. The lowest BCUT2D eigenvalue weighted by atomic mass is 10.0. The standard InChI is InChI=1S/C15H18ClFN2/c1-4-7-18-15-10(9(2)3)8-11-13(17)6-5-12(16)14(11)19-15/h5-6,8-9H,4,7H2,1-3H3,(H,18,19). The SMILES string of the molecule is CCCNc1nc2c(Cl)ccc(F)c2cc1C(C)C. The molecule has 0 unspecified atom stereocenters. The van der Waals surface area contributed by atoms with Gasteiger partial charge in [0, 0.05) is 11.9 Å². The van der Waals surface area contributed by atoms with Gasteiger partial charge in [0.15, 0.2) is 0 Å². The minimum atomic E-state index is -0.282. The molecule has 1 N–H and O–H groups in total. The molecular weight excluding hydrogens is 263 g/mol. The molecule has 1 aromatic carbocycles. The van der Waals surface area contributed by atoms with Crippen LogP contribution in [0.5, 0.6) is 0 Å². The van der Waals surface area contributed by atoms with Gasteiger partial charge in [-0.15, -0.1) is 0 Å². The molecule has 19 heavy (non-hydrogen) atoms. The topological polar surface area (TPSA) is 24.9 Å². The lowest BCUT2D eigenvalue weighted by Crippen LogP contribution is -2.07. The van der Waals surface area contributed by atoms with Gasteiger partial charge in [-0.05, 0) is 36.1 Å². The minimum absolute atomic E-state index is 0.273. The van der Waals surface area contributed by atoms with E-state index in [2.05, 4.69) is 31.1 Å². The molecular formula is C15H18ClFN2. The van der Waals surface area contributed by atoms with Gasteiger partial charge in [0.1, 0.15) is 11.6 Å². The second-order valence-electron chi connectivity index (χ2n) is 4.93. The van der Waals surface area contributed by atoms with Crippen molar-refractivity contribution in [1.29, 1.82) is 0 Å². The molecule has 0 atom stereocenters. The van der Waals surface area contributed by atoms with E-state index >= 15 is 0 Å².